The van der Waals surface area contributed by atoms with Gasteiger partial charge in [-0.3, -0.25) is 4.79 Å². The molecular formula is C12H13ClN4O. The van der Waals surface area contributed by atoms with E-state index < -0.39 is 0 Å². The molecule has 1 aromatic carbocycles. The fourth-order valence-corrected chi connectivity index (χ4v) is 1.95. The van der Waals surface area contributed by atoms with Crippen molar-refractivity contribution >= 4 is 17.5 Å². The van der Waals surface area contributed by atoms with Crippen LogP contribution >= 0.6 is 11.6 Å². The average Bonchev–Trinajstić information content (AvgIpc) is 2.82. The van der Waals surface area contributed by atoms with Gasteiger partial charge in [0.15, 0.2) is 0 Å². The van der Waals surface area contributed by atoms with E-state index in [1.54, 1.807) is 6.07 Å². The fraction of sp³-hybridized carbons (Fsp3) is 0.250. The van der Waals surface area contributed by atoms with Crippen LogP contribution in [0.3, 0.4) is 0 Å². The van der Waals surface area contributed by atoms with Crippen molar-refractivity contribution in [3.05, 3.63) is 47.5 Å². The first-order valence-electron chi connectivity index (χ1n) is 5.53. The monoisotopic (exact) mass is 264 g/mol. The number of benzene rings is 1. The molecule has 94 valence electrons. The summed E-state index contributed by atoms with van der Waals surface area (Å²) in [6.45, 7) is 2.04. The molecule has 5 nitrogen and oxygen atoms in total. The van der Waals surface area contributed by atoms with Gasteiger partial charge in [0.25, 0.3) is 0 Å². The van der Waals surface area contributed by atoms with E-state index in [4.69, 9.17) is 11.6 Å². The summed E-state index contributed by atoms with van der Waals surface area (Å²) in [6, 6.07) is 7.30. The number of rotatable bonds is 4. The average molecular weight is 265 g/mol. The largest absolute Gasteiger partial charge is 0.348 e. The van der Waals surface area contributed by atoms with Crippen LogP contribution in [0.1, 0.15) is 18.5 Å². The number of carbonyl (C=O) groups is 1. The van der Waals surface area contributed by atoms with Crippen LogP contribution in [0, 0.1) is 0 Å². The maximum Gasteiger partial charge on any atom is 0.242 e. The highest BCUT2D eigenvalue weighted by molar-refractivity contribution is 6.31. The van der Waals surface area contributed by atoms with Crippen LogP contribution in [0.25, 0.3) is 0 Å². The van der Waals surface area contributed by atoms with Gasteiger partial charge in [-0.2, -0.15) is 5.10 Å². The molecular weight excluding hydrogens is 252 g/mol. The van der Waals surface area contributed by atoms with Crippen LogP contribution < -0.4 is 5.32 Å². The van der Waals surface area contributed by atoms with E-state index in [1.165, 1.54) is 17.3 Å². The molecule has 0 fully saturated rings. The molecule has 1 aromatic heterocycles. The smallest absolute Gasteiger partial charge is 0.242 e. The minimum atomic E-state index is -0.144. The first kappa shape index (κ1) is 12.6. The first-order valence-corrected chi connectivity index (χ1v) is 5.91. The third-order valence-electron chi connectivity index (χ3n) is 2.52. The number of aromatic nitrogens is 3. The molecule has 2 aromatic rings. The molecule has 0 aliphatic heterocycles. The zero-order valence-corrected chi connectivity index (χ0v) is 10.6. The number of hydrogen-bond donors (Lipinski definition) is 1. The van der Waals surface area contributed by atoms with Crippen molar-refractivity contribution in [1.82, 2.24) is 20.1 Å². The molecule has 2 rings (SSSR count). The highest BCUT2D eigenvalue weighted by Crippen LogP contribution is 2.21. The predicted molar refractivity (Wildman–Crippen MR) is 68.0 cm³/mol. The summed E-state index contributed by atoms with van der Waals surface area (Å²) >= 11 is 6.07. The summed E-state index contributed by atoms with van der Waals surface area (Å²) in [5, 5.41) is 7.38. The normalized spacial score (nSPS) is 12.1. The van der Waals surface area contributed by atoms with Crippen molar-refractivity contribution in [1.29, 1.82) is 0 Å². The van der Waals surface area contributed by atoms with Gasteiger partial charge in [0.2, 0.25) is 5.91 Å². The number of nitrogens with one attached hydrogen (secondary N) is 1. The third-order valence-corrected chi connectivity index (χ3v) is 2.87. The predicted octanol–water partition coefficient (Wildman–Crippen LogP) is 1.81. The van der Waals surface area contributed by atoms with Crippen LogP contribution in [0.5, 0.6) is 0 Å². The zero-order valence-electron chi connectivity index (χ0n) is 9.88. The second-order valence-corrected chi connectivity index (χ2v) is 4.31. The summed E-state index contributed by atoms with van der Waals surface area (Å²) in [5.74, 6) is -0.132. The Bertz CT molecular complexity index is 527. The van der Waals surface area contributed by atoms with E-state index in [-0.39, 0.29) is 18.5 Å². The van der Waals surface area contributed by atoms with Gasteiger partial charge in [0, 0.05) is 5.02 Å². The quantitative estimate of drug-likeness (QED) is 0.916. The van der Waals surface area contributed by atoms with Crippen molar-refractivity contribution in [2.75, 3.05) is 0 Å². The Morgan fingerprint density at radius 2 is 2.28 bits per heavy atom. The molecule has 0 radical (unpaired) electrons. The molecule has 0 aliphatic rings. The molecule has 0 bridgehead atoms. The van der Waals surface area contributed by atoms with Gasteiger partial charge >= 0.3 is 0 Å². The molecule has 0 saturated heterocycles. The Labute approximate surface area is 110 Å². The molecule has 18 heavy (non-hydrogen) atoms. The highest BCUT2D eigenvalue weighted by atomic mass is 35.5. The van der Waals surface area contributed by atoms with Gasteiger partial charge in [0.05, 0.1) is 6.04 Å². The number of amides is 1. The Morgan fingerprint density at radius 3 is 2.94 bits per heavy atom. The maximum atomic E-state index is 11.8. The Morgan fingerprint density at radius 1 is 1.50 bits per heavy atom. The topological polar surface area (TPSA) is 59.8 Å². The van der Waals surface area contributed by atoms with Gasteiger partial charge in [-0.15, -0.1) is 0 Å². The van der Waals surface area contributed by atoms with E-state index >= 15 is 0 Å². The summed E-state index contributed by atoms with van der Waals surface area (Å²) in [4.78, 5) is 15.5. The van der Waals surface area contributed by atoms with Crippen LogP contribution in [0.2, 0.25) is 5.02 Å². The van der Waals surface area contributed by atoms with Crippen molar-refractivity contribution in [2.24, 2.45) is 0 Å². The lowest BCUT2D eigenvalue weighted by Crippen LogP contribution is -2.30. The first-order chi connectivity index (χ1) is 8.66. The van der Waals surface area contributed by atoms with Crippen molar-refractivity contribution in [2.45, 2.75) is 19.5 Å². The minimum absolute atomic E-state index is 0.132. The van der Waals surface area contributed by atoms with E-state index in [9.17, 15) is 4.79 Å². The van der Waals surface area contributed by atoms with Crippen molar-refractivity contribution in [3.63, 3.8) is 0 Å². The fourth-order valence-electron chi connectivity index (χ4n) is 1.65. The molecule has 1 amide bonds. The van der Waals surface area contributed by atoms with Gasteiger partial charge in [-0.05, 0) is 18.6 Å². The number of nitrogens with zero attached hydrogens (tertiary/aromatic N) is 3. The van der Waals surface area contributed by atoms with Gasteiger partial charge < -0.3 is 5.32 Å². The number of halogens is 1. The highest BCUT2D eigenvalue weighted by Gasteiger charge is 2.12. The van der Waals surface area contributed by atoms with Crippen LogP contribution in [0.15, 0.2) is 36.9 Å². The molecule has 0 aliphatic carbocycles. The van der Waals surface area contributed by atoms with Gasteiger partial charge in [-0.25, -0.2) is 9.67 Å². The summed E-state index contributed by atoms with van der Waals surface area (Å²) < 4.78 is 1.47. The van der Waals surface area contributed by atoms with Crippen LogP contribution in [0.4, 0.5) is 0 Å². The molecule has 1 unspecified atom stereocenters. The number of carbonyl (C=O) groups excluding carboxylic acids is 1. The Hall–Kier alpha value is -1.88. The molecule has 6 heteroatoms. The molecule has 1 heterocycles. The number of hydrogen-bond acceptors (Lipinski definition) is 3. The van der Waals surface area contributed by atoms with E-state index in [0.717, 1.165) is 5.56 Å². The van der Waals surface area contributed by atoms with E-state index in [1.807, 2.05) is 25.1 Å². The van der Waals surface area contributed by atoms with Gasteiger partial charge in [-0.1, -0.05) is 29.8 Å². The van der Waals surface area contributed by atoms with Crippen LogP contribution in [-0.2, 0) is 11.3 Å². The Kier molecular flexibility index (Phi) is 3.94. The van der Waals surface area contributed by atoms with Gasteiger partial charge in [0.1, 0.15) is 19.2 Å². The third kappa shape index (κ3) is 3.07. The second-order valence-electron chi connectivity index (χ2n) is 3.90. The van der Waals surface area contributed by atoms with E-state index in [0.29, 0.717) is 5.02 Å². The summed E-state index contributed by atoms with van der Waals surface area (Å²) in [5.41, 5.74) is 0.895. The van der Waals surface area contributed by atoms with E-state index in [2.05, 4.69) is 15.4 Å². The maximum absolute atomic E-state index is 11.8. The lowest BCUT2D eigenvalue weighted by Gasteiger charge is -2.15. The van der Waals surface area contributed by atoms with Crippen LogP contribution in [-0.4, -0.2) is 20.7 Å². The summed E-state index contributed by atoms with van der Waals surface area (Å²) in [7, 11) is 0. The molecule has 1 N–H and O–H groups in total. The second kappa shape index (κ2) is 5.64. The van der Waals surface area contributed by atoms with Crippen molar-refractivity contribution < 1.29 is 4.79 Å². The Balaban J connectivity index is 1.97. The SMILES string of the molecule is CC(NC(=O)Cn1cncn1)c1ccccc1Cl. The lowest BCUT2D eigenvalue weighted by atomic mass is 10.1. The standard InChI is InChI=1S/C12H13ClN4O/c1-9(10-4-2-3-5-11(10)13)16-12(18)6-17-8-14-7-15-17/h2-5,7-9H,6H2,1H3,(H,16,18). The zero-order chi connectivity index (χ0) is 13.0. The molecule has 1 atom stereocenters. The lowest BCUT2D eigenvalue weighted by molar-refractivity contribution is -0.122. The summed E-state index contributed by atoms with van der Waals surface area (Å²) in [6.07, 6.45) is 2.89. The minimum Gasteiger partial charge on any atom is -0.348 e. The molecule has 0 saturated carbocycles. The molecule has 0 spiro atoms. The van der Waals surface area contributed by atoms with Crippen molar-refractivity contribution in [3.8, 4) is 0 Å².